The molecule has 0 rings (SSSR count). The second-order valence-electron chi connectivity index (χ2n) is 15.3. The molecule has 0 aliphatic carbocycles. The van der Waals surface area contributed by atoms with Crippen molar-refractivity contribution in [3.8, 4) is 0 Å². The molecule has 0 aliphatic rings. The molecule has 366 valence electrons. The van der Waals surface area contributed by atoms with E-state index in [1.54, 1.807) is 13.8 Å². The highest BCUT2D eigenvalue weighted by atomic mass is 16.4. The van der Waals surface area contributed by atoms with Crippen molar-refractivity contribution in [2.24, 2.45) is 34.8 Å². The average molecular weight is 930 g/mol. The van der Waals surface area contributed by atoms with Gasteiger partial charge in [0, 0.05) is 19.4 Å². The molecule has 0 unspecified atom stereocenters. The predicted octanol–water partition coefficient (Wildman–Crippen LogP) is -6.13. The summed E-state index contributed by atoms with van der Waals surface area (Å²) in [7, 11) is 0. The number of carboxylic acid groups (broad SMARTS) is 3. The van der Waals surface area contributed by atoms with Crippen LogP contribution in [0.2, 0.25) is 0 Å². The molecule has 20 N–H and O–H groups in total. The lowest BCUT2D eigenvalue weighted by molar-refractivity contribution is -0.144. The largest absolute Gasteiger partial charge is 0.481 e. The normalized spacial score (nSPS) is 14.5. The van der Waals surface area contributed by atoms with Gasteiger partial charge in [0.1, 0.15) is 36.3 Å². The topological polar surface area (TPSA) is 490 Å². The second kappa shape index (κ2) is 29.3. The maximum absolute atomic E-state index is 13.8. The van der Waals surface area contributed by atoms with Crippen LogP contribution in [-0.2, 0) is 57.5 Å². The third kappa shape index (κ3) is 23.8. The van der Waals surface area contributed by atoms with E-state index >= 15 is 0 Å². The molecule has 8 atom stereocenters. The number of carbonyl (C=O) groups is 12. The van der Waals surface area contributed by atoms with Crippen molar-refractivity contribution in [2.45, 2.75) is 128 Å². The van der Waals surface area contributed by atoms with Crippen LogP contribution in [0.25, 0.3) is 0 Å². The molecular weight excluding hydrogens is 866 g/mol. The van der Waals surface area contributed by atoms with Crippen LogP contribution in [0.4, 0.5) is 0 Å². The van der Waals surface area contributed by atoms with Crippen LogP contribution in [0.15, 0.2) is 0 Å². The summed E-state index contributed by atoms with van der Waals surface area (Å²) in [4.78, 5) is 150. The fraction of sp³-hybridized carbons (Fsp3) is 0.649. The van der Waals surface area contributed by atoms with E-state index in [4.69, 9.17) is 33.5 Å². The van der Waals surface area contributed by atoms with Crippen LogP contribution >= 0.6 is 0 Å². The number of primary amides is 2. The molecule has 0 saturated carbocycles. The first-order valence-corrected chi connectivity index (χ1v) is 20.4. The monoisotopic (exact) mass is 929 g/mol. The molecule has 0 fully saturated rings. The zero-order valence-corrected chi connectivity index (χ0v) is 36.5. The lowest BCUT2D eigenvalue weighted by Crippen LogP contribution is -2.61. The number of hydrogen-bond acceptors (Lipinski definition) is 14. The molecule has 0 aromatic heterocycles. The summed E-state index contributed by atoms with van der Waals surface area (Å²) >= 11 is 0. The van der Waals surface area contributed by atoms with E-state index in [0.717, 1.165) is 0 Å². The summed E-state index contributed by atoms with van der Waals surface area (Å²) in [5.74, 6) is -15.4. The Morgan fingerprint density at radius 1 is 0.554 bits per heavy atom. The van der Waals surface area contributed by atoms with E-state index in [-0.39, 0.29) is 31.8 Å². The average Bonchev–Trinajstić information content (AvgIpc) is 3.20. The van der Waals surface area contributed by atoms with Crippen LogP contribution < -0.4 is 65.5 Å². The number of nitrogens with two attached hydrogens (primary N) is 4. The summed E-state index contributed by atoms with van der Waals surface area (Å²) < 4.78 is 0. The summed E-state index contributed by atoms with van der Waals surface area (Å²) in [5, 5.41) is 53.3. The van der Waals surface area contributed by atoms with E-state index in [0.29, 0.717) is 0 Å². The van der Waals surface area contributed by atoms with Crippen LogP contribution in [0, 0.1) is 17.2 Å². The van der Waals surface area contributed by atoms with E-state index < -0.39 is 170 Å². The molecule has 0 saturated heterocycles. The minimum Gasteiger partial charge on any atom is -0.481 e. The van der Waals surface area contributed by atoms with Gasteiger partial charge in [-0.1, -0.05) is 34.1 Å². The maximum Gasteiger partial charge on any atom is 0.326 e. The molecule has 0 aliphatic heterocycles. The van der Waals surface area contributed by atoms with Gasteiger partial charge in [-0.2, -0.15) is 0 Å². The van der Waals surface area contributed by atoms with Gasteiger partial charge < -0.3 is 80.8 Å². The van der Waals surface area contributed by atoms with Gasteiger partial charge in [-0.15, -0.1) is 0 Å². The van der Waals surface area contributed by atoms with E-state index in [9.17, 15) is 67.7 Å². The fourth-order valence-electron chi connectivity index (χ4n) is 5.63. The Bertz CT molecular complexity index is 1760. The van der Waals surface area contributed by atoms with Crippen molar-refractivity contribution < 1.29 is 72.9 Å². The van der Waals surface area contributed by atoms with E-state index in [2.05, 4.69) is 42.5 Å². The second-order valence-corrected chi connectivity index (χ2v) is 15.3. The third-order valence-electron chi connectivity index (χ3n) is 9.45. The Kier molecular flexibility index (Phi) is 26.1. The number of carbonyl (C=O) groups excluding carboxylic acids is 9. The molecule has 9 amide bonds. The molecule has 0 aromatic rings. The Hall–Kier alpha value is -7.13. The molecule has 0 heterocycles. The number of aliphatic carboxylic acids is 3. The van der Waals surface area contributed by atoms with Crippen molar-refractivity contribution >= 4 is 77.0 Å². The van der Waals surface area contributed by atoms with Crippen LogP contribution in [0.5, 0.6) is 0 Å². The van der Waals surface area contributed by atoms with Gasteiger partial charge in [0.2, 0.25) is 53.2 Å². The van der Waals surface area contributed by atoms with E-state index in [1.807, 2.05) is 0 Å². The number of amides is 9. The van der Waals surface area contributed by atoms with Crippen LogP contribution in [0.3, 0.4) is 0 Å². The van der Waals surface area contributed by atoms with Crippen molar-refractivity contribution in [1.29, 1.82) is 5.41 Å². The quantitative estimate of drug-likeness (QED) is 0.0170. The predicted molar refractivity (Wildman–Crippen MR) is 225 cm³/mol. The summed E-state index contributed by atoms with van der Waals surface area (Å²) in [5.41, 5.74) is 21.6. The van der Waals surface area contributed by atoms with Gasteiger partial charge in [0.25, 0.3) is 0 Å². The molecule has 28 heteroatoms. The first-order chi connectivity index (χ1) is 30.2. The van der Waals surface area contributed by atoms with Crippen LogP contribution in [-0.4, -0.2) is 148 Å². The maximum atomic E-state index is 13.8. The highest BCUT2D eigenvalue weighted by Gasteiger charge is 2.36. The Morgan fingerprint density at radius 3 is 1.58 bits per heavy atom. The van der Waals surface area contributed by atoms with Crippen molar-refractivity contribution in [3.63, 3.8) is 0 Å². The summed E-state index contributed by atoms with van der Waals surface area (Å²) in [6, 6.07) is -10.8. The highest BCUT2D eigenvalue weighted by Crippen LogP contribution is 2.12. The third-order valence-corrected chi connectivity index (χ3v) is 9.45. The zero-order chi connectivity index (χ0) is 50.1. The van der Waals surface area contributed by atoms with Crippen molar-refractivity contribution in [1.82, 2.24) is 42.5 Å². The molecular formula is C37H63N13O15. The SMILES string of the molecule is CC[C@H](C)[C@H](NC(=O)[C@@H](NC(=O)[C@H](CCC(N)=O)NC(=O)CNC(=O)[C@H](CC(=O)O)NC(=O)[C@@H](N)CCCNC(=N)N)C(C)C)C(=O)N[C@@H](CC(N)=O)C(=O)N[C@@H](CCC(=O)O)C(=O)O. The number of hydrogen-bond donors (Lipinski definition) is 16. The fourth-order valence-corrected chi connectivity index (χ4v) is 5.63. The molecule has 0 bridgehead atoms. The number of guanidine groups is 1. The Morgan fingerprint density at radius 2 is 1.08 bits per heavy atom. The van der Waals surface area contributed by atoms with Gasteiger partial charge >= 0.3 is 17.9 Å². The van der Waals surface area contributed by atoms with Gasteiger partial charge in [0.05, 0.1) is 25.4 Å². The molecule has 0 aromatic carbocycles. The summed E-state index contributed by atoms with van der Waals surface area (Å²) in [6.07, 6.45) is -3.19. The van der Waals surface area contributed by atoms with Crippen molar-refractivity contribution in [3.05, 3.63) is 0 Å². The first-order valence-electron chi connectivity index (χ1n) is 20.4. The molecule has 0 spiro atoms. The van der Waals surface area contributed by atoms with E-state index in [1.165, 1.54) is 13.8 Å². The lowest BCUT2D eigenvalue weighted by Gasteiger charge is -2.30. The minimum absolute atomic E-state index is 0.0640. The number of carboxylic acids is 3. The van der Waals surface area contributed by atoms with Gasteiger partial charge in [-0.3, -0.25) is 58.1 Å². The standard InChI is InChI=1S/C37H63N13O15/c1-5-17(4)29(35(63)48-21(13-24(40)52)33(61)46-20(36(64)65)9-11-26(54)55)50-34(62)28(16(2)3)49-32(60)19(8-10-23(39)51)45-25(53)15-44-31(59)22(14-27(56)57)47-30(58)18(38)7-6-12-43-37(41)42/h16-22,28-29H,5-15,38H2,1-4H3,(H2,39,51)(H2,40,52)(H,44,59)(H,45,53)(H,46,61)(H,47,58)(H,48,63)(H,49,60)(H,50,62)(H,54,55)(H,56,57)(H,64,65)(H4,41,42,43)/t17-,18-,19-,20-,21-,22-,28-,29-/m0/s1. The highest BCUT2D eigenvalue weighted by molar-refractivity contribution is 5.98. The number of rotatable bonds is 32. The zero-order valence-electron chi connectivity index (χ0n) is 36.5. The van der Waals surface area contributed by atoms with Crippen LogP contribution in [0.1, 0.15) is 85.5 Å². The summed E-state index contributed by atoms with van der Waals surface area (Å²) in [6.45, 7) is 5.55. The minimum atomic E-state index is -1.77. The first kappa shape index (κ1) is 57.9. The smallest absolute Gasteiger partial charge is 0.326 e. The van der Waals surface area contributed by atoms with Gasteiger partial charge in [-0.25, -0.2) is 4.79 Å². The number of nitrogens with one attached hydrogen (secondary N) is 9. The Labute approximate surface area is 373 Å². The lowest BCUT2D eigenvalue weighted by atomic mass is 9.95. The molecule has 28 nitrogen and oxygen atoms in total. The molecule has 65 heavy (non-hydrogen) atoms. The van der Waals surface area contributed by atoms with Gasteiger partial charge in [0.15, 0.2) is 5.96 Å². The molecule has 0 radical (unpaired) electrons. The van der Waals surface area contributed by atoms with Crippen molar-refractivity contribution in [2.75, 3.05) is 13.1 Å². The Balaban J connectivity index is 6.11. The van der Waals surface area contributed by atoms with Gasteiger partial charge in [-0.05, 0) is 37.5 Å².